The van der Waals surface area contributed by atoms with Crippen LogP contribution in [0.3, 0.4) is 0 Å². The Morgan fingerprint density at radius 3 is 2.00 bits per heavy atom. The molecule has 1 atom stereocenters. The number of amides is 1. The molecule has 1 unspecified atom stereocenters. The van der Waals surface area contributed by atoms with Crippen LogP contribution < -0.4 is 0 Å². The summed E-state index contributed by atoms with van der Waals surface area (Å²) in [4.78, 5) is 23.5. The summed E-state index contributed by atoms with van der Waals surface area (Å²) in [7, 11) is -1.20. The minimum atomic E-state index is -1.20. The van der Waals surface area contributed by atoms with Crippen LogP contribution in [0.15, 0.2) is 60.7 Å². The van der Waals surface area contributed by atoms with Gasteiger partial charge in [0, 0.05) is 5.04 Å². The first kappa shape index (κ1) is 16.5. The fraction of sp³-hybridized carbons (Fsp3) is 0.263. The summed E-state index contributed by atoms with van der Waals surface area (Å²) in [6.45, 7) is 2.12. The van der Waals surface area contributed by atoms with Gasteiger partial charge in [-0.05, 0) is 17.5 Å². The van der Waals surface area contributed by atoms with Crippen LogP contribution in [0.25, 0.3) is 0 Å². The third kappa shape index (κ3) is 2.76. The number of rotatable bonds is 6. The number of benzene rings is 2. The van der Waals surface area contributed by atoms with Crippen LogP contribution in [-0.4, -0.2) is 37.3 Å². The maximum absolute atomic E-state index is 12.1. The van der Waals surface area contributed by atoms with E-state index in [0.29, 0.717) is 0 Å². The third-order valence-electron chi connectivity index (χ3n) is 5.05. The van der Waals surface area contributed by atoms with E-state index in [-0.39, 0.29) is 17.4 Å². The topological polar surface area (TPSA) is 57.6 Å². The van der Waals surface area contributed by atoms with Gasteiger partial charge >= 0.3 is 5.97 Å². The molecule has 1 amide bonds. The zero-order chi connectivity index (χ0) is 17.2. The summed E-state index contributed by atoms with van der Waals surface area (Å²) in [5.74, 6) is -0.924. The van der Waals surface area contributed by atoms with Crippen LogP contribution in [-0.2, 0) is 14.6 Å². The summed E-state index contributed by atoms with van der Waals surface area (Å²) >= 11 is 0. The molecular formula is C19H21NO3Si. The van der Waals surface area contributed by atoms with Crippen molar-refractivity contribution in [1.29, 1.82) is 0 Å². The van der Waals surface area contributed by atoms with Crippen LogP contribution in [0.1, 0.15) is 30.9 Å². The van der Waals surface area contributed by atoms with E-state index in [2.05, 4.69) is 31.2 Å². The van der Waals surface area contributed by atoms with Crippen molar-refractivity contribution in [3.05, 3.63) is 71.8 Å². The molecule has 3 rings (SSSR count). The Kier molecular flexibility index (Phi) is 4.53. The van der Waals surface area contributed by atoms with E-state index in [1.165, 1.54) is 0 Å². The number of nitrogens with zero attached hydrogens (tertiary/aromatic N) is 1. The van der Waals surface area contributed by atoms with Crippen molar-refractivity contribution < 1.29 is 14.7 Å². The molecule has 1 fully saturated rings. The second-order valence-corrected chi connectivity index (χ2v) is 8.45. The summed E-state index contributed by atoms with van der Waals surface area (Å²) < 4.78 is 1.64. The Morgan fingerprint density at radius 2 is 1.62 bits per heavy atom. The molecule has 5 heteroatoms. The molecule has 2 aromatic carbocycles. The Balaban J connectivity index is 2.05. The van der Waals surface area contributed by atoms with Gasteiger partial charge < -0.3 is 9.67 Å². The van der Waals surface area contributed by atoms with Gasteiger partial charge in [-0.15, -0.1) is 0 Å². The molecule has 0 radical (unpaired) electrons. The standard InChI is InChI=1S/C19H21NO3Si/c1-2-19(14-9-5-3-6-10-14,15-11-7-4-8-12-15)24-20-16(18(22)23)13-17(20)21/h3-12,16H,2,13,24H2,1H3,(H,22,23). The van der Waals surface area contributed by atoms with Crippen molar-refractivity contribution >= 4 is 21.6 Å². The number of carbonyl (C=O) groups is 2. The zero-order valence-corrected chi connectivity index (χ0v) is 15.1. The van der Waals surface area contributed by atoms with E-state index in [0.717, 1.165) is 17.5 Å². The van der Waals surface area contributed by atoms with Crippen molar-refractivity contribution in [3.8, 4) is 0 Å². The van der Waals surface area contributed by atoms with Gasteiger partial charge in [0.25, 0.3) is 0 Å². The highest BCUT2D eigenvalue weighted by atomic mass is 28.2. The molecule has 0 spiro atoms. The lowest BCUT2D eigenvalue weighted by Crippen LogP contribution is -2.62. The molecule has 2 aromatic rings. The van der Waals surface area contributed by atoms with E-state index in [1.807, 2.05) is 36.4 Å². The van der Waals surface area contributed by atoms with Gasteiger partial charge in [0.1, 0.15) is 15.7 Å². The largest absolute Gasteiger partial charge is 0.480 e. The lowest BCUT2D eigenvalue weighted by Gasteiger charge is -2.45. The average Bonchev–Trinajstić information content (AvgIpc) is 2.62. The van der Waals surface area contributed by atoms with E-state index in [1.54, 1.807) is 4.57 Å². The van der Waals surface area contributed by atoms with Gasteiger partial charge in [0.05, 0.1) is 6.42 Å². The van der Waals surface area contributed by atoms with Crippen LogP contribution >= 0.6 is 0 Å². The fourth-order valence-corrected chi connectivity index (χ4v) is 6.00. The zero-order valence-electron chi connectivity index (χ0n) is 13.7. The first-order valence-corrected chi connectivity index (χ1v) is 9.56. The van der Waals surface area contributed by atoms with E-state index < -0.39 is 21.7 Å². The van der Waals surface area contributed by atoms with Gasteiger partial charge in [0.2, 0.25) is 5.91 Å². The smallest absolute Gasteiger partial charge is 0.326 e. The molecule has 0 aliphatic carbocycles. The lowest BCUT2D eigenvalue weighted by molar-refractivity contribution is -0.155. The van der Waals surface area contributed by atoms with Crippen molar-refractivity contribution in [1.82, 2.24) is 4.57 Å². The molecule has 1 saturated heterocycles. The van der Waals surface area contributed by atoms with E-state index >= 15 is 0 Å². The van der Waals surface area contributed by atoms with Crippen LogP contribution in [0.2, 0.25) is 0 Å². The van der Waals surface area contributed by atoms with Crippen LogP contribution in [0.4, 0.5) is 0 Å². The van der Waals surface area contributed by atoms with Gasteiger partial charge in [-0.25, -0.2) is 0 Å². The minimum Gasteiger partial charge on any atom is -0.480 e. The molecule has 1 heterocycles. The van der Waals surface area contributed by atoms with Crippen LogP contribution in [0.5, 0.6) is 0 Å². The summed E-state index contributed by atoms with van der Waals surface area (Å²) in [6, 6.07) is 19.7. The molecule has 24 heavy (non-hydrogen) atoms. The fourth-order valence-electron chi connectivity index (χ4n) is 3.55. The molecule has 124 valence electrons. The molecule has 1 aliphatic heterocycles. The van der Waals surface area contributed by atoms with Gasteiger partial charge in [-0.1, -0.05) is 67.6 Å². The second kappa shape index (κ2) is 6.61. The maximum Gasteiger partial charge on any atom is 0.326 e. The highest BCUT2D eigenvalue weighted by Crippen LogP contribution is 2.37. The molecule has 4 nitrogen and oxygen atoms in total. The minimum absolute atomic E-state index is 0.0289. The lowest BCUT2D eigenvalue weighted by atomic mass is 9.88. The number of aliphatic carboxylic acids is 1. The highest BCUT2D eigenvalue weighted by molar-refractivity contribution is 6.44. The normalized spacial score (nSPS) is 18.0. The van der Waals surface area contributed by atoms with E-state index in [4.69, 9.17) is 0 Å². The monoisotopic (exact) mass is 339 g/mol. The summed E-state index contributed by atoms with van der Waals surface area (Å²) in [5.41, 5.74) is 2.32. The molecular weight excluding hydrogens is 318 g/mol. The maximum atomic E-state index is 12.1. The SMILES string of the molecule is CCC([SiH2]N1C(=O)CC1C(=O)O)(c1ccccc1)c1ccccc1. The Bertz CT molecular complexity index is 693. The van der Waals surface area contributed by atoms with E-state index in [9.17, 15) is 14.7 Å². The first-order valence-electron chi connectivity index (χ1n) is 8.22. The number of carboxylic acids is 1. The first-order chi connectivity index (χ1) is 11.6. The molecule has 0 saturated carbocycles. The average molecular weight is 339 g/mol. The van der Waals surface area contributed by atoms with Crippen molar-refractivity contribution in [2.24, 2.45) is 0 Å². The number of β-lactam (4-membered cyclic amide) rings is 1. The summed E-state index contributed by atoms with van der Waals surface area (Å²) in [6.07, 6.45) is 0.967. The second-order valence-electron chi connectivity index (χ2n) is 6.25. The number of carbonyl (C=O) groups excluding carboxylic acids is 1. The number of hydrogen-bond donors (Lipinski definition) is 1. The predicted octanol–water partition coefficient (Wildman–Crippen LogP) is 2.11. The van der Waals surface area contributed by atoms with Gasteiger partial charge in [-0.3, -0.25) is 9.59 Å². The highest BCUT2D eigenvalue weighted by Gasteiger charge is 2.46. The van der Waals surface area contributed by atoms with Gasteiger partial charge in [-0.2, -0.15) is 0 Å². The van der Waals surface area contributed by atoms with Crippen molar-refractivity contribution in [2.45, 2.75) is 30.8 Å². The molecule has 0 bridgehead atoms. The Morgan fingerprint density at radius 1 is 1.12 bits per heavy atom. The number of carboxylic acid groups (broad SMARTS) is 1. The third-order valence-corrected chi connectivity index (χ3v) is 8.04. The molecule has 0 aromatic heterocycles. The summed E-state index contributed by atoms with van der Waals surface area (Å²) in [5, 5.41) is 9.09. The van der Waals surface area contributed by atoms with Gasteiger partial charge in [0.15, 0.2) is 0 Å². The predicted molar refractivity (Wildman–Crippen MR) is 95.4 cm³/mol. The Hall–Kier alpha value is -2.40. The van der Waals surface area contributed by atoms with Crippen molar-refractivity contribution in [2.75, 3.05) is 0 Å². The number of hydrogen-bond acceptors (Lipinski definition) is 2. The quantitative estimate of drug-likeness (QED) is 0.648. The van der Waals surface area contributed by atoms with Crippen molar-refractivity contribution in [3.63, 3.8) is 0 Å². The molecule has 1 N–H and O–H groups in total. The van der Waals surface area contributed by atoms with Crippen LogP contribution in [0, 0.1) is 0 Å². The molecule has 1 aliphatic rings. The Labute approximate surface area is 144 Å².